The minimum Gasteiger partial charge on any atom is -0.456 e. The molecule has 3 N–H and O–H groups in total. The molecule has 0 aliphatic rings. The van der Waals surface area contributed by atoms with Gasteiger partial charge < -0.3 is 9.32 Å². The van der Waals surface area contributed by atoms with Crippen LogP contribution in [0, 0.1) is 5.82 Å². The van der Waals surface area contributed by atoms with Gasteiger partial charge in [0.15, 0.2) is 11.4 Å². The highest BCUT2D eigenvalue weighted by molar-refractivity contribution is 5.78. The first-order chi connectivity index (χ1) is 8.87. The molecule has 0 spiro atoms. The predicted molar refractivity (Wildman–Crippen MR) is 74.0 cm³/mol. The van der Waals surface area contributed by atoms with Gasteiger partial charge >= 0.3 is 0 Å². The molecule has 0 saturated heterocycles. The summed E-state index contributed by atoms with van der Waals surface area (Å²) in [6.07, 6.45) is 0. The maximum Gasteiger partial charge on any atom is 0.169 e. The molecule has 0 bridgehead atoms. The summed E-state index contributed by atoms with van der Waals surface area (Å²) in [6, 6.07) is 6.46. The lowest BCUT2D eigenvalue weighted by Gasteiger charge is -2.38. The van der Waals surface area contributed by atoms with E-state index in [1.54, 1.807) is 6.07 Å². The Morgan fingerprint density at radius 3 is 2.58 bits per heavy atom. The second kappa shape index (κ2) is 4.92. The monoisotopic (exact) mass is 265 g/mol. The van der Waals surface area contributed by atoms with Gasteiger partial charge in [0.2, 0.25) is 0 Å². The van der Waals surface area contributed by atoms with Gasteiger partial charge in [0, 0.05) is 10.9 Å². The minimum absolute atomic E-state index is 0.241. The summed E-state index contributed by atoms with van der Waals surface area (Å²) in [4.78, 5) is 2.04. The van der Waals surface area contributed by atoms with E-state index in [1.807, 2.05) is 45.0 Å². The molecule has 0 aliphatic carbocycles. The molecule has 0 fully saturated rings. The van der Waals surface area contributed by atoms with Crippen LogP contribution < -0.4 is 11.3 Å². The number of nitrogens with zero attached hydrogens (tertiary/aromatic N) is 1. The van der Waals surface area contributed by atoms with Crippen LogP contribution in [-0.4, -0.2) is 24.5 Å². The summed E-state index contributed by atoms with van der Waals surface area (Å²) in [5.41, 5.74) is 2.75. The topological polar surface area (TPSA) is 54.4 Å². The maximum atomic E-state index is 13.7. The molecule has 0 radical (unpaired) electrons. The number of nitrogens with two attached hydrogens (primary N) is 1. The van der Waals surface area contributed by atoms with Gasteiger partial charge in [0.1, 0.15) is 5.76 Å². The maximum absolute atomic E-state index is 13.7. The Labute approximate surface area is 112 Å². The minimum atomic E-state index is -0.359. The van der Waals surface area contributed by atoms with Crippen molar-refractivity contribution in [2.75, 3.05) is 14.1 Å². The zero-order chi connectivity index (χ0) is 14.2. The Kier molecular flexibility index (Phi) is 3.62. The smallest absolute Gasteiger partial charge is 0.169 e. The number of benzene rings is 1. The number of fused-ring (bicyclic) bond motifs is 1. The lowest BCUT2D eigenvalue weighted by atomic mass is 9.91. The van der Waals surface area contributed by atoms with Gasteiger partial charge in [-0.15, -0.1) is 0 Å². The van der Waals surface area contributed by atoms with Gasteiger partial charge in [-0.1, -0.05) is 12.1 Å². The first-order valence-corrected chi connectivity index (χ1v) is 6.19. The molecule has 0 aliphatic heterocycles. The number of hydrogen-bond acceptors (Lipinski definition) is 4. The number of hydrazine groups is 1. The van der Waals surface area contributed by atoms with Crippen molar-refractivity contribution in [3.05, 3.63) is 35.8 Å². The molecule has 1 atom stereocenters. The largest absolute Gasteiger partial charge is 0.456 e. The third-order valence-electron chi connectivity index (χ3n) is 3.83. The van der Waals surface area contributed by atoms with E-state index in [2.05, 4.69) is 5.43 Å². The fourth-order valence-electron chi connectivity index (χ4n) is 2.08. The van der Waals surface area contributed by atoms with Gasteiger partial charge in [-0.25, -0.2) is 9.82 Å². The van der Waals surface area contributed by atoms with Gasteiger partial charge in [-0.2, -0.15) is 0 Å². The average Bonchev–Trinajstić information content (AvgIpc) is 2.74. The Morgan fingerprint density at radius 2 is 2.05 bits per heavy atom. The summed E-state index contributed by atoms with van der Waals surface area (Å²) < 4.78 is 19.3. The summed E-state index contributed by atoms with van der Waals surface area (Å²) in [6.45, 7) is 4.09. The second-order valence-corrected chi connectivity index (χ2v) is 5.45. The van der Waals surface area contributed by atoms with Crippen LogP contribution in [0.2, 0.25) is 0 Å². The molecule has 2 aromatic rings. The van der Waals surface area contributed by atoms with Crippen molar-refractivity contribution >= 4 is 11.0 Å². The van der Waals surface area contributed by atoms with E-state index in [4.69, 9.17) is 10.3 Å². The van der Waals surface area contributed by atoms with Crippen LogP contribution in [0.25, 0.3) is 11.0 Å². The van der Waals surface area contributed by atoms with Gasteiger partial charge in [0.05, 0.1) is 6.04 Å². The SMILES string of the molecule is CN(C)C(C)(C)C(NN)c1cc2cccc(F)c2o1. The molecule has 5 heteroatoms. The average molecular weight is 265 g/mol. The number of furan rings is 1. The predicted octanol–water partition coefficient (Wildman–Crippen LogP) is 2.42. The van der Waals surface area contributed by atoms with E-state index in [0.29, 0.717) is 5.76 Å². The Hall–Kier alpha value is -1.43. The van der Waals surface area contributed by atoms with Crippen molar-refractivity contribution < 1.29 is 8.81 Å². The van der Waals surface area contributed by atoms with Crippen molar-refractivity contribution in [1.29, 1.82) is 0 Å². The van der Waals surface area contributed by atoms with E-state index in [-0.39, 0.29) is 23.0 Å². The summed E-state index contributed by atoms with van der Waals surface area (Å²) >= 11 is 0. The molecule has 1 aromatic carbocycles. The third-order valence-corrected chi connectivity index (χ3v) is 3.83. The number of nitrogens with one attached hydrogen (secondary N) is 1. The summed E-state index contributed by atoms with van der Waals surface area (Å²) in [7, 11) is 3.93. The van der Waals surface area contributed by atoms with Crippen molar-refractivity contribution in [3.8, 4) is 0 Å². The van der Waals surface area contributed by atoms with Gasteiger partial charge in [-0.05, 0) is 40.1 Å². The van der Waals surface area contributed by atoms with E-state index in [1.165, 1.54) is 6.07 Å². The summed E-state index contributed by atoms with van der Waals surface area (Å²) in [5.74, 6) is 5.93. The fraction of sp³-hybridized carbons (Fsp3) is 0.429. The number of halogens is 1. The highest BCUT2D eigenvalue weighted by atomic mass is 19.1. The summed E-state index contributed by atoms with van der Waals surface area (Å²) in [5, 5.41) is 0.741. The zero-order valence-electron chi connectivity index (χ0n) is 11.7. The van der Waals surface area contributed by atoms with E-state index in [0.717, 1.165) is 5.39 Å². The van der Waals surface area contributed by atoms with E-state index < -0.39 is 0 Å². The van der Waals surface area contributed by atoms with Crippen LogP contribution in [0.3, 0.4) is 0 Å². The molecular weight excluding hydrogens is 245 g/mol. The Bertz CT molecular complexity index is 577. The number of para-hydroxylation sites is 1. The van der Waals surface area contributed by atoms with Crippen molar-refractivity contribution in [2.45, 2.75) is 25.4 Å². The van der Waals surface area contributed by atoms with Crippen molar-refractivity contribution in [1.82, 2.24) is 10.3 Å². The Morgan fingerprint density at radius 1 is 1.37 bits per heavy atom. The molecule has 2 rings (SSSR count). The van der Waals surface area contributed by atoms with E-state index >= 15 is 0 Å². The molecule has 1 aromatic heterocycles. The third kappa shape index (κ3) is 2.36. The molecule has 104 valence electrons. The molecule has 1 unspecified atom stereocenters. The number of rotatable bonds is 4. The first kappa shape index (κ1) is 14.0. The molecule has 4 nitrogen and oxygen atoms in total. The molecule has 0 amide bonds. The normalized spacial score (nSPS) is 14.3. The van der Waals surface area contributed by atoms with Crippen LogP contribution in [-0.2, 0) is 0 Å². The Balaban J connectivity index is 2.50. The lowest BCUT2D eigenvalue weighted by Crippen LogP contribution is -2.51. The van der Waals surface area contributed by atoms with Crippen molar-refractivity contribution in [2.24, 2.45) is 5.84 Å². The lowest BCUT2D eigenvalue weighted by molar-refractivity contribution is 0.126. The first-order valence-electron chi connectivity index (χ1n) is 6.19. The number of likely N-dealkylation sites (N-methyl/N-ethyl adjacent to an activating group) is 1. The molecule has 0 saturated carbocycles. The molecule has 1 heterocycles. The van der Waals surface area contributed by atoms with Crippen LogP contribution in [0.4, 0.5) is 4.39 Å². The van der Waals surface area contributed by atoms with E-state index in [9.17, 15) is 4.39 Å². The van der Waals surface area contributed by atoms with Crippen LogP contribution in [0.1, 0.15) is 25.6 Å². The standard InChI is InChI=1S/C14H20FN3O/c1-14(2,18(3)4)13(17-16)11-8-9-6-5-7-10(15)12(9)19-11/h5-8,13,17H,16H2,1-4H3. The molecular formula is C14H20FN3O. The van der Waals surface area contributed by atoms with Gasteiger partial charge in [-0.3, -0.25) is 5.84 Å². The van der Waals surface area contributed by atoms with Gasteiger partial charge in [0.25, 0.3) is 0 Å². The quantitative estimate of drug-likeness (QED) is 0.658. The van der Waals surface area contributed by atoms with Crippen LogP contribution in [0.15, 0.2) is 28.7 Å². The van der Waals surface area contributed by atoms with Crippen LogP contribution in [0.5, 0.6) is 0 Å². The fourth-order valence-corrected chi connectivity index (χ4v) is 2.08. The highest BCUT2D eigenvalue weighted by Gasteiger charge is 2.34. The second-order valence-electron chi connectivity index (χ2n) is 5.45. The zero-order valence-corrected chi connectivity index (χ0v) is 11.7. The number of hydrogen-bond donors (Lipinski definition) is 2. The van der Waals surface area contributed by atoms with Crippen molar-refractivity contribution in [3.63, 3.8) is 0 Å². The molecule has 19 heavy (non-hydrogen) atoms. The van der Waals surface area contributed by atoms with Crippen LogP contribution >= 0.6 is 0 Å². The highest BCUT2D eigenvalue weighted by Crippen LogP contribution is 2.33.